The number of hydrogen-bond acceptors (Lipinski definition) is 8. The number of carbonyl (C=O) groups is 1. The predicted octanol–water partition coefficient (Wildman–Crippen LogP) is 3.27. The first-order chi connectivity index (χ1) is 20.7. The molecule has 1 amide bonds. The lowest BCUT2D eigenvalue weighted by molar-refractivity contribution is -0.134. The second-order valence-electron chi connectivity index (χ2n) is 11.1. The van der Waals surface area contributed by atoms with E-state index >= 15 is 0 Å². The maximum atomic E-state index is 13.5. The molecule has 0 aromatic heterocycles. The van der Waals surface area contributed by atoms with Crippen molar-refractivity contribution in [2.24, 2.45) is 5.92 Å². The number of nitrogens with one attached hydrogen (secondary N) is 1. The van der Waals surface area contributed by atoms with Gasteiger partial charge in [-0.2, -0.15) is 4.31 Å². The lowest BCUT2D eigenvalue weighted by Crippen LogP contribution is -2.48. The molecule has 3 aromatic rings. The first-order valence-corrected chi connectivity index (χ1v) is 17.1. The van der Waals surface area contributed by atoms with Crippen LogP contribution in [0.15, 0.2) is 76.5 Å². The molecule has 4 rings (SSSR count). The average Bonchev–Trinajstić information content (AvgIpc) is 3.04. The van der Waals surface area contributed by atoms with E-state index in [2.05, 4.69) is 4.72 Å². The van der Waals surface area contributed by atoms with Gasteiger partial charge in [0.1, 0.15) is 17.6 Å². The minimum Gasteiger partial charge on any atom is -0.497 e. The zero-order valence-electron chi connectivity index (χ0n) is 25.4. The number of benzene rings is 3. The standard InChI is InChI=1S/C31H39N3O8S2/c1-21-6-11-27(12-7-21)43(37,38)32-25-8-15-29-24(16-25)17-31(36)34(23(3)20-35)18-22(2)30(42-29)19-33(4)44(39,40)28-13-9-26(41-5)10-14-28/h6-16,22-23,30,32,35H,17-20H2,1-5H3/t22-,23-,30-/m1/s1. The van der Waals surface area contributed by atoms with Crippen molar-refractivity contribution in [3.63, 3.8) is 0 Å². The van der Waals surface area contributed by atoms with Crippen LogP contribution in [0.3, 0.4) is 0 Å². The molecule has 0 saturated heterocycles. The van der Waals surface area contributed by atoms with Gasteiger partial charge in [-0.05, 0) is 68.4 Å². The van der Waals surface area contributed by atoms with Crippen LogP contribution in [0.4, 0.5) is 5.69 Å². The second kappa shape index (κ2) is 13.6. The highest BCUT2D eigenvalue weighted by Crippen LogP contribution is 2.31. The van der Waals surface area contributed by atoms with Crippen LogP contribution >= 0.6 is 0 Å². The van der Waals surface area contributed by atoms with E-state index in [-0.39, 0.29) is 53.4 Å². The Balaban J connectivity index is 1.67. The Morgan fingerprint density at radius 2 is 1.68 bits per heavy atom. The monoisotopic (exact) mass is 645 g/mol. The Bertz CT molecular complexity index is 1680. The number of anilines is 1. The normalized spacial score (nSPS) is 18.4. The number of rotatable bonds is 10. The number of likely N-dealkylation sites (N-methyl/N-ethyl adjacent to an activating group) is 1. The number of carbonyl (C=O) groups excluding carboxylic acids is 1. The highest BCUT2D eigenvalue weighted by molar-refractivity contribution is 7.92. The van der Waals surface area contributed by atoms with Crippen molar-refractivity contribution in [1.82, 2.24) is 9.21 Å². The Labute approximate surface area is 259 Å². The number of aliphatic hydroxyl groups is 1. The number of ether oxygens (including phenoxy) is 2. The fourth-order valence-electron chi connectivity index (χ4n) is 4.92. The summed E-state index contributed by atoms with van der Waals surface area (Å²) in [5, 5.41) is 9.90. The Morgan fingerprint density at radius 3 is 2.30 bits per heavy atom. The van der Waals surface area contributed by atoms with Gasteiger partial charge in [0, 0.05) is 30.8 Å². The van der Waals surface area contributed by atoms with Crippen LogP contribution in [-0.2, 0) is 31.3 Å². The molecule has 0 fully saturated rings. The van der Waals surface area contributed by atoms with E-state index < -0.39 is 32.2 Å². The SMILES string of the molecule is COc1ccc(S(=O)(=O)N(C)C[C@H]2Oc3ccc(NS(=O)(=O)c4ccc(C)cc4)cc3CC(=O)N([C@H](C)CO)C[C@H]2C)cc1. The Hall–Kier alpha value is -3.65. The Morgan fingerprint density at radius 1 is 1.05 bits per heavy atom. The van der Waals surface area contributed by atoms with Gasteiger partial charge in [-0.1, -0.05) is 24.6 Å². The average molecular weight is 646 g/mol. The predicted molar refractivity (Wildman–Crippen MR) is 167 cm³/mol. The van der Waals surface area contributed by atoms with Gasteiger partial charge < -0.3 is 19.5 Å². The topological polar surface area (TPSA) is 143 Å². The number of hydrogen-bond donors (Lipinski definition) is 2. The number of methoxy groups -OCH3 is 1. The zero-order valence-corrected chi connectivity index (χ0v) is 27.1. The maximum Gasteiger partial charge on any atom is 0.261 e. The summed E-state index contributed by atoms with van der Waals surface area (Å²) in [4.78, 5) is 15.2. The zero-order chi connectivity index (χ0) is 32.2. The summed E-state index contributed by atoms with van der Waals surface area (Å²) in [6, 6.07) is 16.7. The summed E-state index contributed by atoms with van der Waals surface area (Å²) >= 11 is 0. The summed E-state index contributed by atoms with van der Waals surface area (Å²) in [6.45, 7) is 5.36. The van der Waals surface area contributed by atoms with E-state index in [9.17, 15) is 26.7 Å². The van der Waals surface area contributed by atoms with Gasteiger partial charge in [-0.25, -0.2) is 16.8 Å². The summed E-state index contributed by atoms with van der Waals surface area (Å²) in [7, 11) is -4.84. The number of aryl methyl sites for hydroxylation is 1. The van der Waals surface area contributed by atoms with Crippen LogP contribution in [0.2, 0.25) is 0 Å². The Kier molecular flexibility index (Phi) is 10.2. The molecule has 0 aliphatic carbocycles. The van der Waals surface area contributed by atoms with Crippen LogP contribution < -0.4 is 14.2 Å². The van der Waals surface area contributed by atoms with Crippen LogP contribution in [0, 0.1) is 12.8 Å². The molecular formula is C31H39N3O8S2. The first-order valence-electron chi connectivity index (χ1n) is 14.1. The van der Waals surface area contributed by atoms with E-state index in [0.717, 1.165) is 5.56 Å². The minimum absolute atomic E-state index is 0.0354. The summed E-state index contributed by atoms with van der Waals surface area (Å²) < 4.78 is 68.3. The van der Waals surface area contributed by atoms with Crippen molar-refractivity contribution in [3.05, 3.63) is 77.9 Å². The van der Waals surface area contributed by atoms with E-state index in [1.165, 1.54) is 42.7 Å². The van der Waals surface area contributed by atoms with Crippen molar-refractivity contribution in [2.45, 2.75) is 49.1 Å². The van der Waals surface area contributed by atoms with Gasteiger partial charge in [-0.3, -0.25) is 9.52 Å². The third-order valence-corrected chi connectivity index (χ3v) is 10.9. The molecule has 0 bridgehead atoms. The van der Waals surface area contributed by atoms with Crippen LogP contribution in [-0.4, -0.2) is 83.1 Å². The fraction of sp³-hybridized carbons (Fsp3) is 0.387. The molecule has 44 heavy (non-hydrogen) atoms. The molecule has 1 aliphatic rings. The molecule has 3 aromatic carbocycles. The van der Waals surface area contributed by atoms with E-state index in [0.29, 0.717) is 17.1 Å². The number of aliphatic hydroxyl groups excluding tert-OH is 1. The van der Waals surface area contributed by atoms with Crippen molar-refractivity contribution in [1.29, 1.82) is 0 Å². The fourth-order valence-corrected chi connectivity index (χ4v) is 7.15. The lowest BCUT2D eigenvalue weighted by Gasteiger charge is -2.33. The quantitative estimate of drug-likeness (QED) is 0.342. The van der Waals surface area contributed by atoms with Crippen molar-refractivity contribution in [2.75, 3.05) is 38.6 Å². The van der Waals surface area contributed by atoms with Crippen LogP contribution in [0.5, 0.6) is 11.5 Å². The molecular weight excluding hydrogens is 606 g/mol. The molecule has 2 N–H and O–H groups in total. The number of sulfonamides is 2. The molecule has 13 heteroatoms. The van der Waals surface area contributed by atoms with Crippen LogP contribution in [0.1, 0.15) is 25.0 Å². The van der Waals surface area contributed by atoms with Crippen LogP contribution in [0.25, 0.3) is 0 Å². The van der Waals surface area contributed by atoms with Crippen molar-refractivity contribution >= 4 is 31.6 Å². The van der Waals surface area contributed by atoms with Gasteiger partial charge in [0.15, 0.2) is 0 Å². The van der Waals surface area contributed by atoms with Gasteiger partial charge in [0.05, 0.1) is 42.5 Å². The molecule has 238 valence electrons. The minimum atomic E-state index is -3.90. The van der Waals surface area contributed by atoms with E-state index in [1.807, 2.05) is 13.8 Å². The molecule has 0 radical (unpaired) electrons. The largest absolute Gasteiger partial charge is 0.497 e. The van der Waals surface area contributed by atoms with Gasteiger partial charge in [0.25, 0.3) is 10.0 Å². The summed E-state index contributed by atoms with van der Waals surface area (Å²) in [5.41, 5.74) is 1.59. The number of amides is 1. The molecule has 0 unspecified atom stereocenters. The molecule has 1 heterocycles. The van der Waals surface area contributed by atoms with Crippen molar-refractivity contribution < 1.29 is 36.2 Å². The summed E-state index contributed by atoms with van der Waals surface area (Å²) in [5.74, 6) is 0.246. The van der Waals surface area contributed by atoms with Gasteiger partial charge in [0.2, 0.25) is 15.9 Å². The third kappa shape index (κ3) is 7.52. The third-order valence-electron chi connectivity index (χ3n) is 7.70. The highest BCUT2D eigenvalue weighted by atomic mass is 32.2. The first kappa shape index (κ1) is 33.2. The molecule has 1 aliphatic heterocycles. The van der Waals surface area contributed by atoms with Gasteiger partial charge >= 0.3 is 0 Å². The van der Waals surface area contributed by atoms with E-state index in [4.69, 9.17) is 9.47 Å². The molecule has 0 saturated carbocycles. The maximum absolute atomic E-state index is 13.5. The number of nitrogens with zero attached hydrogens (tertiary/aromatic N) is 2. The molecule has 11 nitrogen and oxygen atoms in total. The molecule has 3 atom stereocenters. The van der Waals surface area contributed by atoms with E-state index in [1.54, 1.807) is 54.3 Å². The smallest absolute Gasteiger partial charge is 0.261 e. The molecule has 0 spiro atoms. The summed E-state index contributed by atoms with van der Waals surface area (Å²) in [6.07, 6.45) is -0.805. The number of fused-ring (bicyclic) bond motifs is 1. The van der Waals surface area contributed by atoms with Gasteiger partial charge in [-0.15, -0.1) is 0 Å². The second-order valence-corrected chi connectivity index (χ2v) is 14.8. The highest BCUT2D eigenvalue weighted by Gasteiger charge is 2.33. The van der Waals surface area contributed by atoms with Crippen molar-refractivity contribution in [3.8, 4) is 11.5 Å². The lowest BCUT2D eigenvalue weighted by atomic mass is 10.0.